The summed E-state index contributed by atoms with van der Waals surface area (Å²) in [5, 5.41) is 0. The first-order valence-corrected chi connectivity index (χ1v) is 10.6. The summed E-state index contributed by atoms with van der Waals surface area (Å²) in [6, 6.07) is 0. The van der Waals surface area contributed by atoms with Gasteiger partial charge >= 0.3 is 0 Å². The summed E-state index contributed by atoms with van der Waals surface area (Å²) in [6.45, 7) is 0. The van der Waals surface area contributed by atoms with Gasteiger partial charge in [0.2, 0.25) is 0 Å². The van der Waals surface area contributed by atoms with E-state index in [9.17, 15) is 0 Å². The van der Waals surface area contributed by atoms with Crippen LogP contribution in [0.5, 0.6) is 0 Å². The summed E-state index contributed by atoms with van der Waals surface area (Å²) in [5.74, 6) is 8.21. The quantitative estimate of drug-likeness (QED) is 0.357. The second-order valence-electron chi connectivity index (χ2n) is 6.74. The van der Waals surface area contributed by atoms with Gasteiger partial charge < -0.3 is 0 Å². The van der Waals surface area contributed by atoms with E-state index in [0.717, 1.165) is 19.2 Å². The molecular formula is C13H15I3. The number of alkyl halides is 3. The van der Waals surface area contributed by atoms with Crippen LogP contribution in [0, 0.1) is 46.8 Å². The van der Waals surface area contributed by atoms with E-state index in [2.05, 4.69) is 67.8 Å². The van der Waals surface area contributed by atoms with Gasteiger partial charge in [0.05, 0.1) is 0 Å². The van der Waals surface area contributed by atoms with Crippen LogP contribution in [0.1, 0.15) is 12.8 Å². The van der Waals surface area contributed by atoms with Gasteiger partial charge in [0.15, 0.2) is 0 Å². The predicted molar refractivity (Wildman–Crippen MR) is 90.6 cm³/mol. The first-order valence-electron chi connectivity index (χ1n) is 6.57. The lowest BCUT2D eigenvalue weighted by Crippen LogP contribution is -2.40. The molecule has 0 nitrogen and oxygen atoms in total. The molecule has 10 unspecified atom stereocenters. The summed E-state index contributed by atoms with van der Waals surface area (Å²) in [5.41, 5.74) is 0.825. The molecular weight excluding hydrogens is 537 g/mol. The first-order chi connectivity index (χ1) is 7.73. The number of hydrogen-bond donors (Lipinski definition) is 0. The molecule has 88 valence electrons. The Kier molecular flexibility index (Phi) is 2.11. The van der Waals surface area contributed by atoms with Gasteiger partial charge in [-0.15, -0.1) is 0 Å². The minimum Gasteiger partial charge on any atom is -0.0864 e. The Hall–Kier alpha value is 2.19. The largest absolute Gasteiger partial charge is 0.0864 e. The molecule has 0 N–H and O–H groups in total. The van der Waals surface area contributed by atoms with Gasteiger partial charge in [-0.05, 0) is 59.7 Å². The molecule has 0 aliphatic heterocycles. The van der Waals surface area contributed by atoms with Crippen molar-refractivity contribution in [2.75, 3.05) is 4.43 Å². The second-order valence-corrected chi connectivity index (χ2v) is 10.6. The number of halogens is 3. The molecule has 6 fully saturated rings. The lowest BCUT2D eigenvalue weighted by atomic mass is 9.62. The van der Waals surface area contributed by atoms with E-state index in [-0.39, 0.29) is 0 Å². The maximum Gasteiger partial charge on any atom is 0.0206 e. The maximum atomic E-state index is 2.88. The SMILES string of the molecule is ICCC12C(I)C3C4CC5C3C1C(I)C5C42. The summed E-state index contributed by atoms with van der Waals surface area (Å²) >= 11 is 8.37. The molecule has 0 aromatic rings. The molecule has 6 saturated carbocycles. The van der Waals surface area contributed by atoms with Crippen molar-refractivity contribution < 1.29 is 0 Å². The third-order valence-electron chi connectivity index (χ3n) is 7.09. The summed E-state index contributed by atoms with van der Waals surface area (Å²) in [4.78, 5) is 0. The van der Waals surface area contributed by atoms with E-state index in [0.29, 0.717) is 0 Å². The molecule has 0 amide bonds. The third-order valence-corrected chi connectivity index (χ3v) is 11.2. The summed E-state index contributed by atoms with van der Waals surface area (Å²) in [7, 11) is 0. The molecule has 6 aliphatic rings. The Bertz CT molecular complexity index is 379. The Morgan fingerprint density at radius 1 is 1.00 bits per heavy atom. The van der Waals surface area contributed by atoms with Gasteiger partial charge in [0.25, 0.3) is 0 Å². The molecule has 10 atom stereocenters. The molecule has 0 heterocycles. The molecule has 6 bridgehead atoms. The van der Waals surface area contributed by atoms with Crippen molar-refractivity contribution in [1.82, 2.24) is 0 Å². The van der Waals surface area contributed by atoms with E-state index >= 15 is 0 Å². The van der Waals surface area contributed by atoms with E-state index in [1.807, 2.05) is 0 Å². The van der Waals surface area contributed by atoms with Crippen LogP contribution >= 0.6 is 67.8 Å². The van der Waals surface area contributed by atoms with E-state index in [1.165, 1.54) is 39.9 Å². The van der Waals surface area contributed by atoms with E-state index < -0.39 is 0 Å². The third kappa shape index (κ3) is 0.803. The highest BCUT2D eigenvalue weighted by atomic mass is 127. The predicted octanol–water partition coefficient (Wildman–Crippen LogP) is 4.18. The van der Waals surface area contributed by atoms with Crippen LogP contribution in [-0.2, 0) is 0 Å². The van der Waals surface area contributed by atoms with Crippen LogP contribution in [0.3, 0.4) is 0 Å². The Balaban J connectivity index is 1.76. The summed E-state index contributed by atoms with van der Waals surface area (Å²) in [6.07, 6.45) is 3.19. The van der Waals surface area contributed by atoms with Gasteiger partial charge in [0.1, 0.15) is 0 Å². The lowest BCUT2D eigenvalue weighted by Gasteiger charge is -2.42. The maximum absolute atomic E-state index is 2.88. The second kappa shape index (κ2) is 3.09. The molecule has 0 aromatic heterocycles. The van der Waals surface area contributed by atoms with Crippen molar-refractivity contribution in [3.8, 4) is 0 Å². The molecule has 0 spiro atoms. The molecule has 0 radical (unpaired) electrons. The highest BCUT2D eigenvalue weighted by Crippen LogP contribution is 2.89. The monoisotopic (exact) mass is 552 g/mol. The first kappa shape index (κ1) is 10.9. The molecule has 6 rings (SSSR count). The minimum atomic E-state index is 0.825. The van der Waals surface area contributed by atoms with Gasteiger partial charge in [-0.25, -0.2) is 0 Å². The van der Waals surface area contributed by atoms with Gasteiger partial charge in [-0.3, -0.25) is 0 Å². The van der Waals surface area contributed by atoms with Crippen LogP contribution in [-0.4, -0.2) is 12.3 Å². The molecule has 6 aliphatic carbocycles. The average molecular weight is 552 g/mol. The molecule has 0 aromatic carbocycles. The zero-order chi connectivity index (χ0) is 10.8. The molecule has 3 heteroatoms. The van der Waals surface area contributed by atoms with Crippen LogP contribution in [0.2, 0.25) is 0 Å². The van der Waals surface area contributed by atoms with Crippen molar-refractivity contribution in [2.24, 2.45) is 46.8 Å². The van der Waals surface area contributed by atoms with Crippen molar-refractivity contribution in [3.05, 3.63) is 0 Å². The van der Waals surface area contributed by atoms with E-state index in [1.54, 1.807) is 12.8 Å². The number of rotatable bonds is 2. The smallest absolute Gasteiger partial charge is 0.0206 e. The van der Waals surface area contributed by atoms with Crippen molar-refractivity contribution in [3.63, 3.8) is 0 Å². The fourth-order valence-electron chi connectivity index (χ4n) is 7.35. The van der Waals surface area contributed by atoms with Crippen molar-refractivity contribution >= 4 is 67.8 Å². The van der Waals surface area contributed by atoms with Crippen LogP contribution in [0.4, 0.5) is 0 Å². The zero-order valence-corrected chi connectivity index (χ0v) is 15.4. The van der Waals surface area contributed by atoms with Gasteiger partial charge in [-0.2, -0.15) is 0 Å². The topological polar surface area (TPSA) is 0 Å². The van der Waals surface area contributed by atoms with Gasteiger partial charge in [0, 0.05) is 12.3 Å². The highest BCUT2D eigenvalue weighted by molar-refractivity contribution is 14.1. The summed E-state index contributed by atoms with van der Waals surface area (Å²) < 4.78 is 3.52. The highest BCUT2D eigenvalue weighted by Gasteiger charge is 2.87. The normalized spacial score (nSPS) is 76.3. The van der Waals surface area contributed by atoms with Crippen molar-refractivity contribution in [2.45, 2.75) is 20.7 Å². The lowest BCUT2D eigenvalue weighted by molar-refractivity contribution is 0.0549. The standard InChI is InChI=1S/C13H15I3/c14-2-1-13-9-5-3-4-6(7(5)12(13)16)10(13)11(15)8(4)9/h4-12H,1-3H2. The van der Waals surface area contributed by atoms with Crippen LogP contribution < -0.4 is 0 Å². The van der Waals surface area contributed by atoms with Crippen molar-refractivity contribution in [1.29, 1.82) is 0 Å². The fourth-order valence-corrected chi connectivity index (χ4v) is 12.6. The van der Waals surface area contributed by atoms with Gasteiger partial charge in [-0.1, -0.05) is 67.8 Å². The van der Waals surface area contributed by atoms with E-state index in [4.69, 9.17) is 0 Å². The average Bonchev–Trinajstić information content (AvgIpc) is 2.95. The Morgan fingerprint density at radius 2 is 1.81 bits per heavy atom. The zero-order valence-electron chi connectivity index (χ0n) is 8.95. The molecule has 0 saturated heterocycles. The number of hydrogen-bond acceptors (Lipinski definition) is 0. The fraction of sp³-hybridized carbons (Fsp3) is 1.00. The Labute approximate surface area is 138 Å². The van der Waals surface area contributed by atoms with Crippen LogP contribution in [0.15, 0.2) is 0 Å². The molecule has 16 heavy (non-hydrogen) atoms. The Morgan fingerprint density at radius 3 is 2.56 bits per heavy atom. The minimum absolute atomic E-state index is 0.825. The van der Waals surface area contributed by atoms with Crippen LogP contribution in [0.25, 0.3) is 0 Å².